The molecule has 1 N–H and O–H groups in total. The smallest absolute Gasteiger partial charge is 0.336 e. The molecule has 6 heteroatoms. The van der Waals surface area contributed by atoms with Crippen molar-refractivity contribution in [2.75, 3.05) is 19.5 Å². The summed E-state index contributed by atoms with van der Waals surface area (Å²) in [5.41, 5.74) is 0.661. The highest BCUT2D eigenvalue weighted by atomic mass is 16.5. The first-order valence-corrected chi connectivity index (χ1v) is 5.32. The number of nitrogens with one attached hydrogen (secondary N) is 1. The molecule has 1 aliphatic heterocycles. The van der Waals surface area contributed by atoms with Crippen molar-refractivity contribution in [2.24, 2.45) is 0 Å². The molecular weight excluding hydrogens is 248 g/mol. The van der Waals surface area contributed by atoms with Gasteiger partial charge in [-0.05, 0) is 18.2 Å². The van der Waals surface area contributed by atoms with Crippen LogP contribution in [0.25, 0.3) is 10.4 Å². The minimum absolute atomic E-state index is 0.00995. The van der Waals surface area contributed by atoms with E-state index in [4.69, 9.17) is 11.3 Å². The molecule has 2 rings (SSSR count). The molecule has 1 aromatic carbocycles. The van der Waals surface area contributed by atoms with Gasteiger partial charge in [-0.15, -0.1) is 0 Å². The molecule has 0 radical (unpaired) electrons. The number of anilines is 1. The number of amides is 1. The van der Waals surface area contributed by atoms with Crippen molar-refractivity contribution in [3.8, 4) is 5.75 Å². The molecule has 19 heavy (non-hydrogen) atoms. The minimum atomic E-state index is -0.837. The van der Waals surface area contributed by atoms with Gasteiger partial charge >= 0.3 is 5.97 Å². The van der Waals surface area contributed by atoms with Crippen molar-refractivity contribution < 1.29 is 19.1 Å². The van der Waals surface area contributed by atoms with E-state index in [1.165, 1.54) is 7.11 Å². The summed E-state index contributed by atoms with van der Waals surface area (Å²) >= 11 is 0. The first-order valence-electron chi connectivity index (χ1n) is 5.32. The number of esters is 1. The summed E-state index contributed by atoms with van der Waals surface area (Å²) in [6.07, 6.45) is 0. The molecule has 0 saturated heterocycles. The second-order valence-corrected chi connectivity index (χ2v) is 3.69. The zero-order chi connectivity index (χ0) is 14.0. The van der Waals surface area contributed by atoms with Crippen molar-refractivity contribution >= 4 is 23.1 Å². The number of hydrogen-bond acceptors (Lipinski definition) is 4. The SMILES string of the molecule is [C-]#[N+]/C(C(=O)OC)=C1/C(=O)Nc2ccc(OC)cc21. The zero-order valence-corrected chi connectivity index (χ0v) is 10.3. The van der Waals surface area contributed by atoms with E-state index in [2.05, 4.69) is 14.9 Å². The van der Waals surface area contributed by atoms with Crippen LogP contribution in [-0.2, 0) is 14.3 Å². The van der Waals surface area contributed by atoms with E-state index in [1.807, 2.05) is 0 Å². The minimum Gasteiger partial charge on any atom is -0.497 e. The number of nitrogens with zero attached hydrogens (tertiary/aromatic N) is 1. The Morgan fingerprint density at radius 2 is 2.11 bits per heavy atom. The van der Waals surface area contributed by atoms with E-state index in [0.29, 0.717) is 17.0 Å². The van der Waals surface area contributed by atoms with Gasteiger partial charge in [-0.25, -0.2) is 4.85 Å². The molecule has 1 heterocycles. The molecule has 0 atom stereocenters. The monoisotopic (exact) mass is 258 g/mol. The molecule has 1 aromatic rings. The van der Waals surface area contributed by atoms with Gasteiger partial charge in [-0.3, -0.25) is 9.59 Å². The lowest BCUT2D eigenvalue weighted by Crippen LogP contribution is -2.10. The van der Waals surface area contributed by atoms with Gasteiger partial charge in [0.05, 0.1) is 26.4 Å². The van der Waals surface area contributed by atoms with Crippen molar-refractivity contribution in [2.45, 2.75) is 0 Å². The van der Waals surface area contributed by atoms with Gasteiger partial charge in [0.2, 0.25) is 5.91 Å². The van der Waals surface area contributed by atoms with Gasteiger partial charge in [0.1, 0.15) is 5.75 Å². The Morgan fingerprint density at radius 3 is 2.68 bits per heavy atom. The Kier molecular flexibility index (Phi) is 3.21. The normalized spacial score (nSPS) is 15.1. The number of ether oxygens (including phenoxy) is 2. The quantitative estimate of drug-likeness (QED) is 0.495. The maximum Gasteiger partial charge on any atom is 0.336 e. The van der Waals surface area contributed by atoms with Crippen molar-refractivity contribution in [1.82, 2.24) is 0 Å². The van der Waals surface area contributed by atoms with Gasteiger partial charge in [0.15, 0.2) is 0 Å². The van der Waals surface area contributed by atoms with Gasteiger partial charge in [-0.1, -0.05) is 0 Å². The second-order valence-electron chi connectivity index (χ2n) is 3.69. The molecule has 6 nitrogen and oxygen atoms in total. The third-order valence-electron chi connectivity index (χ3n) is 2.70. The van der Waals surface area contributed by atoms with Crippen LogP contribution in [-0.4, -0.2) is 26.1 Å². The lowest BCUT2D eigenvalue weighted by molar-refractivity contribution is -0.135. The summed E-state index contributed by atoms with van der Waals surface area (Å²) in [6, 6.07) is 4.92. The van der Waals surface area contributed by atoms with Crippen molar-refractivity contribution in [3.05, 3.63) is 40.9 Å². The number of carbonyl (C=O) groups is 2. The largest absolute Gasteiger partial charge is 0.497 e. The van der Waals surface area contributed by atoms with Crippen LogP contribution in [0.1, 0.15) is 5.56 Å². The van der Waals surface area contributed by atoms with Crippen LogP contribution in [0.5, 0.6) is 5.75 Å². The third-order valence-corrected chi connectivity index (χ3v) is 2.70. The highest BCUT2D eigenvalue weighted by molar-refractivity contribution is 6.35. The fourth-order valence-corrected chi connectivity index (χ4v) is 1.81. The van der Waals surface area contributed by atoms with E-state index in [9.17, 15) is 9.59 Å². The molecule has 0 aromatic heterocycles. The van der Waals surface area contributed by atoms with Crippen LogP contribution in [0.15, 0.2) is 23.9 Å². The second kappa shape index (κ2) is 4.82. The van der Waals surface area contributed by atoms with E-state index in [0.717, 1.165) is 7.11 Å². The summed E-state index contributed by atoms with van der Waals surface area (Å²) in [6.45, 7) is 7.04. The summed E-state index contributed by atoms with van der Waals surface area (Å²) in [5, 5.41) is 2.59. The molecule has 0 unspecified atom stereocenters. The lowest BCUT2D eigenvalue weighted by Gasteiger charge is -2.04. The number of benzene rings is 1. The summed E-state index contributed by atoms with van der Waals surface area (Å²) < 4.78 is 9.58. The van der Waals surface area contributed by atoms with Crippen molar-refractivity contribution in [3.63, 3.8) is 0 Å². The predicted molar refractivity (Wildman–Crippen MR) is 67.2 cm³/mol. The van der Waals surface area contributed by atoms with Gasteiger partial charge in [0.25, 0.3) is 5.70 Å². The molecule has 0 aliphatic carbocycles. The topological polar surface area (TPSA) is 69.0 Å². The Morgan fingerprint density at radius 1 is 1.37 bits per heavy atom. The number of carbonyl (C=O) groups excluding carboxylic acids is 2. The van der Waals surface area contributed by atoms with E-state index in [1.54, 1.807) is 18.2 Å². The van der Waals surface area contributed by atoms with E-state index >= 15 is 0 Å². The van der Waals surface area contributed by atoms with Crippen molar-refractivity contribution in [1.29, 1.82) is 0 Å². The van der Waals surface area contributed by atoms with E-state index < -0.39 is 11.9 Å². The average Bonchev–Trinajstić information content (AvgIpc) is 2.75. The fraction of sp³-hybridized carbons (Fsp3) is 0.154. The Bertz CT molecular complexity index is 641. The summed E-state index contributed by atoms with van der Waals surface area (Å²) in [5.74, 6) is -0.808. The van der Waals surface area contributed by atoms with E-state index in [-0.39, 0.29) is 11.3 Å². The van der Waals surface area contributed by atoms with Crippen LogP contribution in [0.4, 0.5) is 5.69 Å². The molecule has 0 bridgehead atoms. The first-order chi connectivity index (χ1) is 9.12. The van der Waals surface area contributed by atoms with Crippen LogP contribution < -0.4 is 10.1 Å². The maximum atomic E-state index is 11.9. The Hall–Kier alpha value is -2.81. The molecule has 96 valence electrons. The van der Waals surface area contributed by atoms with Gasteiger partial charge < -0.3 is 14.8 Å². The molecule has 0 spiro atoms. The predicted octanol–water partition coefficient (Wildman–Crippen LogP) is 1.45. The first kappa shape index (κ1) is 12.6. The van der Waals surface area contributed by atoms with Crippen LogP contribution >= 0.6 is 0 Å². The van der Waals surface area contributed by atoms with Crippen LogP contribution in [0, 0.1) is 6.57 Å². The van der Waals surface area contributed by atoms with Gasteiger partial charge in [0, 0.05) is 11.3 Å². The molecule has 1 amide bonds. The summed E-state index contributed by atoms with van der Waals surface area (Å²) in [4.78, 5) is 26.5. The number of fused-ring (bicyclic) bond motifs is 1. The molecule has 0 saturated carbocycles. The highest BCUT2D eigenvalue weighted by Gasteiger charge is 2.31. The highest BCUT2D eigenvalue weighted by Crippen LogP contribution is 2.36. The fourth-order valence-electron chi connectivity index (χ4n) is 1.81. The molecular formula is C13H10N2O4. The molecule has 0 fully saturated rings. The number of rotatable bonds is 2. The Labute approximate surface area is 109 Å². The van der Waals surface area contributed by atoms with Gasteiger partial charge in [-0.2, -0.15) is 0 Å². The zero-order valence-electron chi connectivity index (χ0n) is 10.3. The standard InChI is InChI=1S/C13H10N2O4/c1-14-11(13(17)19-3)10-8-6-7(18-2)4-5-9(8)15-12(10)16/h4-6H,2-3H3,(H,15,16)/b11-10+. The summed E-state index contributed by atoms with van der Waals surface area (Å²) in [7, 11) is 2.65. The number of methoxy groups -OCH3 is 2. The third kappa shape index (κ3) is 2.02. The van der Waals surface area contributed by atoms with Crippen LogP contribution in [0.3, 0.4) is 0 Å². The maximum absolute atomic E-state index is 11.9. The number of hydrogen-bond donors (Lipinski definition) is 1. The average molecular weight is 258 g/mol. The Balaban J connectivity index is 2.67. The molecule has 1 aliphatic rings. The van der Waals surface area contributed by atoms with Crippen LogP contribution in [0.2, 0.25) is 0 Å². The lowest BCUT2D eigenvalue weighted by atomic mass is 10.0.